The Balaban J connectivity index is 1.89. The predicted octanol–water partition coefficient (Wildman–Crippen LogP) is 3.92. The van der Waals surface area contributed by atoms with Gasteiger partial charge in [-0.25, -0.2) is 0 Å². The van der Waals surface area contributed by atoms with Gasteiger partial charge in [0.25, 0.3) is 0 Å². The van der Waals surface area contributed by atoms with Crippen LogP contribution in [0.3, 0.4) is 0 Å². The van der Waals surface area contributed by atoms with Crippen LogP contribution in [0.4, 0.5) is 0 Å². The van der Waals surface area contributed by atoms with E-state index >= 15 is 0 Å². The summed E-state index contributed by atoms with van der Waals surface area (Å²) in [5.74, 6) is 0. The minimum absolute atomic E-state index is 1.27. The number of rotatable bonds is 1. The van der Waals surface area contributed by atoms with Crippen molar-refractivity contribution in [2.75, 3.05) is 0 Å². The first kappa shape index (κ1) is 12.2. The standard InChI is InChI=1S/C20H15B/c21-20-10-9-18-12-17(7-8-19(18)13-20)16-6-5-14-3-1-2-4-15(14)11-16/h1-13H,21H2. The average molecular weight is 266 g/mol. The van der Waals surface area contributed by atoms with E-state index in [0.29, 0.717) is 0 Å². The van der Waals surface area contributed by atoms with Crippen LogP contribution in [-0.4, -0.2) is 7.85 Å². The molecule has 0 atom stereocenters. The van der Waals surface area contributed by atoms with E-state index in [1.165, 1.54) is 38.1 Å². The number of fused-ring (bicyclic) bond motifs is 2. The molecule has 4 rings (SSSR count). The highest BCUT2D eigenvalue weighted by Gasteiger charge is 2.01. The lowest BCUT2D eigenvalue weighted by Gasteiger charge is -2.07. The van der Waals surface area contributed by atoms with Crippen LogP contribution in [0.2, 0.25) is 0 Å². The lowest BCUT2D eigenvalue weighted by molar-refractivity contribution is 1.68. The Labute approximate surface area is 125 Å². The Kier molecular flexibility index (Phi) is 2.78. The predicted molar refractivity (Wildman–Crippen MR) is 95.1 cm³/mol. The minimum atomic E-state index is 1.27. The number of benzene rings is 4. The Morgan fingerprint density at radius 3 is 1.76 bits per heavy atom. The Hall–Kier alpha value is -2.54. The molecule has 0 spiro atoms. The zero-order valence-corrected chi connectivity index (χ0v) is 12.0. The van der Waals surface area contributed by atoms with Crippen molar-refractivity contribution in [2.24, 2.45) is 0 Å². The molecule has 0 aromatic heterocycles. The maximum atomic E-state index is 2.28. The summed E-state index contributed by atoms with van der Waals surface area (Å²) in [5.41, 5.74) is 3.86. The molecule has 21 heavy (non-hydrogen) atoms. The normalized spacial score (nSPS) is 11.0. The third kappa shape index (κ3) is 2.21. The molecule has 98 valence electrons. The van der Waals surface area contributed by atoms with Gasteiger partial charge in [-0.15, -0.1) is 0 Å². The summed E-state index contributed by atoms with van der Waals surface area (Å²) in [6, 6.07) is 28.5. The molecule has 0 heterocycles. The topological polar surface area (TPSA) is 0 Å². The Morgan fingerprint density at radius 2 is 1.00 bits per heavy atom. The largest absolute Gasteiger partial charge is 0.139 e. The molecule has 0 radical (unpaired) electrons. The number of hydrogen-bond acceptors (Lipinski definition) is 0. The van der Waals surface area contributed by atoms with Crippen LogP contribution < -0.4 is 5.46 Å². The molecule has 0 aliphatic rings. The van der Waals surface area contributed by atoms with E-state index < -0.39 is 0 Å². The van der Waals surface area contributed by atoms with Gasteiger partial charge in [0.2, 0.25) is 0 Å². The molecule has 0 bridgehead atoms. The van der Waals surface area contributed by atoms with Crippen molar-refractivity contribution in [3.8, 4) is 11.1 Å². The van der Waals surface area contributed by atoms with Crippen LogP contribution in [-0.2, 0) is 0 Å². The van der Waals surface area contributed by atoms with E-state index in [-0.39, 0.29) is 0 Å². The van der Waals surface area contributed by atoms with Crippen molar-refractivity contribution in [3.63, 3.8) is 0 Å². The van der Waals surface area contributed by atoms with Crippen LogP contribution in [0.1, 0.15) is 0 Å². The second kappa shape index (κ2) is 4.78. The van der Waals surface area contributed by atoms with E-state index in [1.54, 1.807) is 0 Å². The quantitative estimate of drug-likeness (QED) is 0.458. The van der Waals surface area contributed by atoms with Gasteiger partial charge < -0.3 is 0 Å². The smallest absolute Gasteiger partial charge is 0.0883 e. The summed E-state index contributed by atoms with van der Waals surface area (Å²) in [4.78, 5) is 0. The second-order valence-electron chi connectivity index (χ2n) is 5.63. The first-order valence-corrected chi connectivity index (χ1v) is 7.29. The van der Waals surface area contributed by atoms with Gasteiger partial charge in [0, 0.05) is 0 Å². The highest BCUT2D eigenvalue weighted by molar-refractivity contribution is 6.33. The molecule has 0 saturated heterocycles. The molecule has 0 N–H and O–H groups in total. The zero-order chi connectivity index (χ0) is 14.2. The van der Waals surface area contributed by atoms with Crippen LogP contribution in [0.15, 0.2) is 78.9 Å². The molecule has 4 aromatic carbocycles. The maximum absolute atomic E-state index is 2.28. The van der Waals surface area contributed by atoms with Gasteiger partial charge in [0.15, 0.2) is 0 Å². The first-order valence-electron chi connectivity index (χ1n) is 7.29. The monoisotopic (exact) mass is 266 g/mol. The molecule has 0 amide bonds. The van der Waals surface area contributed by atoms with Crippen LogP contribution in [0.25, 0.3) is 32.7 Å². The van der Waals surface area contributed by atoms with Gasteiger partial charge in [0.05, 0.1) is 0 Å². The van der Waals surface area contributed by atoms with Gasteiger partial charge in [-0.1, -0.05) is 72.2 Å². The van der Waals surface area contributed by atoms with Crippen molar-refractivity contribution < 1.29 is 0 Å². The highest BCUT2D eigenvalue weighted by atomic mass is 14.1. The second-order valence-corrected chi connectivity index (χ2v) is 5.63. The van der Waals surface area contributed by atoms with Crippen LogP contribution in [0, 0.1) is 0 Å². The van der Waals surface area contributed by atoms with Gasteiger partial charge >= 0.3 is 0 Å². The lowest BCUT2D eigenvalue weighted by atomic mass is 9.92. The van der Waals surface area contributed by atoms with E-state index in [1.807, 2.05) is 0 Å². The van der Waals surface area contributed by atoms with Crippen molar-refractivity contribution >= 4 is 34.9 Å². The van der Waals surface area contributed by atoms with E-state index in [2.05, 4.69) is 86.7 Å². The molecule has 0 fully saturated rings. The third-order valence-electron chi connectivity index (χ3n) is 4.08. The van der Waals surface area contributed by atoms with Crippen molar-refractivity contribution in [2.45, 2.75) is 0 Å². The summed E-state index contributed by atoms with van der Waals surface area (Å²) >= 11 is 0. The molecular weight excluding hydrogens is 251 g/mol. The fraction of sp³-hybridized carbons (Fsp3) is 0. The zero-order valence-electron chi connectivity index (χ0n) is 12.0. The molecule has 4 aromatic rings. The van der Waals surface area contributed by atoms with E-state index in [4.69, 9.17) is 0 Å². The fourth-order valence-corrected chi connectivity index (χ4v) is 2.91. The summed E-state index contributed by atoms with van der Waals surface area (Å²) in [5, 5.41) is 5.18. The third-order valence-corrected chi connectivity index (χ3v) is 4.08. The van der Waals surface area contributed by atoms with Crippen molar-refractivity contribution in [1.82, 2.24) is 0 Å². The average Bonchev–Trinajstić information content (AvgIpc) is 2.54. The van der Waals surface area contributed by atoms with Gasteiger partial charge in [0.1, 0.15) is 7.85 Å². The van der Waals surface area contributed by atoms with E-state index in [0.717, 1.165) is 0 Å². The first-order chi connectivity index (χ1) is 10.3. The van der Waals surface area contributed by atoms with Crippen LogP contribution >= 0.6 is 0 Å². The molecule has 0 aliphatic heterocycles. The summed E-state index contributed by atoms with van der Waals surface area (Å²) in [6.45, 7) is 0. The van der Waals surface area contributed by atoms with Crippen molar-refractivity contribution in [3.05, 3.63) is 78.9 Å². The molecular formula is C20H15B. The Morgan fingerprint density at radius 1 is 0.476 bits per heavy atom. The van der Waals surface area contributed by atoms with Crippen molar-refractivity contribution in [1.29, 1.82) is 0 Å². The maximum Gasteiger partial charge on any atom is 0.139 e. The summed E-state index contributed by atoms with van der Waals surface area (Å²) in [7, 11) is 2.14. The summed E-state index contributed by atoms with van der Waals surface area (Å²) in [6.07, 6.45) is 0. The highest BCUT2D eigenvalue weighted by Crippen LogP contribution is 2.27. The lowest BCUT2D eigenvalue weighted by Crippen LogP contribution is -1.99. The number of hydrogen-bond donors (Lipinski definition) is 0. The van der Waals surface area contributed by atoms with Gasteiger partial charge in [-0.05, 0) is 44.8 Å². The Bertz CT molecular complexity index is 954. The van der Waals surface area contributed by atoms with E-state index in [9.17, 15) is 0 Å². The molecule has 0 nitrogen and oxygen atoms in total. The van der Waals surface area contributed by atoms with Gasteiger partial charge in [-0.3, -0.25) is 0 Å². The molecule has 0 unspecified atom stereocenters. The SMILES string of the molecule is Bc1ccc2cc(-c3ccc4ccccc4c3)ccc2c1. The molecule has 1 heteroatoms. The van der Waals surface area contributed by atoms with Crippen LogP contribution in [0.5, 0.6) is 0 Å². The summed E-state index contributed by atoms with van der Waals surface area (Å²) < 4.78 is 0. The fourth-order valence-electron chi connectivity index (χ4n) is 2.91. The molecule has 0 saturated carbocycles. The molecule has 0 aliphatic carbocycles. The minimum Gasteiger partial charge on any atom is -0.0883 e. The van der Waals surface area contributed by atoms with Gasteiger partial charge in [-0.2, -0.15) is 0 Å².